The van der Waals surface area contributed by atoms with Crippen LogP contribution in [0.15, 0.2) is 24.3 Å². The Morgan fingerprint density at radius 2 is 2.17 bits per heavy atom. The molecule has 6 nitrogen and oxygen atoms in total. The number of hydrogen-bond acceptors (Lipinski definition) is 4. The van der Waals surface area contributed by atoms with E-state index in [1.807, 2.05) is 31.9 Å². The number of piperidine rings is 1. The monoisotopic (exact) mass is 423 g/mol. The van der Waals surface area contributed by atoms with Crippen molar-refractivity contribution in [2.75, 3.05) is 40.4 Å². The summed E-state index contributed by atoms with van der Waals surface area (Å²) in [5.74, 6) is -0.133. The minimum atomic E-state index is -0.263. The van der Waals surface area contributed by atoms with Gasteiger partial charge < -0.3 is 25.0 Å². The van der Waals surface area contributed by atoms with Gasteiger partial charge in [0.15, 0.2) is 0 Å². The number of likely N-dealkylation sites (N-methyl/N-ethyl adjacent to an activating group) is 1. The number of carbonyl (C=O) groups excluding carboxylic acids is 1. The lowest BCUT2D eigenvalue weighted by molar-refractivity contribution is -0.0435. The molecule has 1 unspecified atom stereocenters. The maximum atomic E-state index is 13.8. The maximum absolute atomic E-state index is 13.8. The minimum Gasteiger partial charge on any atom is -0.385 e. The van der Waals surface area contributed by atoms with Gasteiger partial charge in [0, 0.05) is 45.3 Å². The highest BCUT2D eigenvalue weighted by molar-refractivity contribution is 5.74. The molecule has 1 aromatic carbocycles. The van der Waals surface area contributed by atoms with E-state index in [1.54, 1.807) is 19.2 Å². The molecule has 0 spiro atoms. The van der Waals surface area contributed by atoms with Crippen molar-refractivity contribution in [3.05, 3.63) is 35.6 Å². The molecular formula is C23H38FN3O3. The fourth-order valence-corrected chi connectivity index (χ4v) is 4.09. The largest absolute Gasteiger partial charge is 0.385 e. The van der Waals surface area contributed by atoms with Crippen LogP contribution in [0.2, 0.25) is 0 Å². The highest BCUT2D eigenvalue weighted by Crippen LogP contribution is 2.34. The molecule has 2 rings (SSSR count). The first-order chi connectivity index (χ1) is 14.4. The van der Waals surface area contributed by atoms with E-state index in [0.717, 1.165) is 44.3 Å². The topological polar surface area (TPSA) is 62.8 Å². The van der Waals surface area contributed by atoms with Crippen LogP contribution >= 0.6 is 0 Å². The number of likely N-dealkylation sites (tertiary alicyclic amines) is 1. The smallest absolute Gasteiger partial charge is 0.317 e. The van der Waals surface area contributed by atoms with Crippen LogP contribution in [0.1, 0.15) is 51.2 Å². The van der Waals surface area contributed by atoms with E-state index in [2.05, 4.69) is 10.6 Å². The van der Waals surface area contributed by atoms with Crippen molar-refractivity contribution in [1.82, 2.24) is 15.5 Å². The van der Waals surface area contributed by atoms with E-state index < -0.39 is 0 Å². The Hall–Kier alpha value is -1.70. The average molecular weight is 424 g/mol. The third-order valence-corrected chi connectivity index (χ3v) is 5.45. The Kier molecular flexibility index (Phi) is 10.5. The summed E-state index contributed by atoms with van der Waals surface area (Å²) in [6.45, 7) is 6.71. The van der Waals surface area contributed by atoms with Crippen LogP contribution in [0, 0.1) is 11.7 Å². The zero-order valence-corrected chi connectivity index (χ0v) is 18.8. The Morgan fingerprint density at radius 3 is 2.83 bits per heavy atom. The number of nitrogens with one attached hydrogen (secondary N) is 2. The summed E-state index contributed by atoms with van der Waals surface area (Å²) in [6, 6.07) is 6.64. The first kappa shape index (κ1) is 24.6. The van der Waals surface area contributed by atoms with Crippen LogP contribution in [0.25, 0.3) is 0 Å². The van der Waals surface area contributed by atoms with E-state index >= 15 is 0 Å². The van der Waals surface area contributed by atoms with Gasteiger partial charge in [-0.2, -0.15) is 0 Å². The molecule has 1 heterocycles. The molecule has 7 heteroatoms. The molecule has 1 aromatic rings. The summed E-state index contributed by atoms with van der Waals surface area (Å²) in [7, 11) is 3.58. The number of rotatable bonds is 11. The lowest BCUT2D eigenvalue weighted by atomic mass is 9.88. The number of amides is 2. The second-order valence-corrected chi connectivity index (χ2v) is 8.35. The van der Waals surface area contributed by atoms with Crippen LogP contribution in [0.4, 0.5) is 9.18 Å². The van der Waals surface area contributed by atoms with Gasteiger partial charge in [-0.25, -0.2) is 9.18 Å². The molecule has 170 valence electrons. The predicted octanol–water partition coefficient (Wildman–Crippen LogP) is 3.73. The van der Waals surface area contributed by atoms with Crippen molar-refractivity contribution in [3.8, 4) is 0 Å². The van der Waals surface area contributed by atoms with Crippen LogP contribution in [-0.2, 0) is 9.47 Å². The molecule has 0 radical (unpaired) electrons. The van der Waals surface area contributed by atoms with E-state index in [4.69, 9.17) is 9.47 Å². The first-order valence-electron chi connectivity index (χ1n) is 11.0. The third-order valence-electron chi connectivity index (χ3n) is 5.45. The van der Waals surface area contributed by atoms with Crippen molar-refractivity contribution in [1.29, 1.82) is 0 Å². The highest BCUT2D eigenvalue weighted by atomic mass is 19.1. The molecule has 2 amide bonds. The molecule has 1 aliphatic heterocycles. The van der Waals surface area contributed by atoms with Crippen LogP contribution < -0.4 is 10.6 Å². The number of halogens is 1. The zero-order chi connectivity index (χ0) is 21.9. The number of carbonyl (C=O) groups is 1. The lowest BCUT2D eigenvalue weighted by Crippen LogP contribution is -2.51. The van der Waals surface area contributed by atoms with E-state index in [9.17, 15) is 9.18 Å². The number of urea groups is 1. The van der Waals surface area contributed by atoms with E-state index in [-0.39, 0.29) is 36.0 Å². The fraction of sp³-hybridized carbons (Fsp3) is 0.696. The van der Waals surface area contributed by atoms with Crippen molar-refractivity contribution in [2.24, 2.45) is 5.92 Å². The summed E-state index contributed by atoms with van der Waals surface area (Å²) >= 11 is 0. The third kappa shape index (κ3) is 7.85. The minimum absolute atomic E-state index is 0.0169. The molecular weight excluding hydrogens is 385 g/mol. The van der Waals surface area contributed by atoms with Crippen molar-refractivity contribution in [2.45, 2.75) is 57.8 Å². The Bertz CT molecular complexity index is 644. The Labute approximate surface area is 180 Å². The van der Waals surface area contributed by atoms with Gasteiger partial charge in [-0.1, -0.05) is 12.1 Å². The number of methoxy groups -OCH3 is 1. The van der Waals surface area contributed by atoms with Gasteiger partial charge in [0.1, 0.15) is 5.82 Å². The molecule has 0 saturated carbocycles. The SMILES string of the molecule is CNC[C@H](CCCOC)NC(=O)N1CCC[C@@H](C(OC(C)C)c2cccc(F)c2)C1. The summed E-state index contributed by atoms with van der Waals surface area (Å²) in [5, 5.41) is 6.31. The second kappa shape index (κ2) is 12.9. The van der Waals surface area contributed by atoms with Gasteiger partial charge in [-0.15, -0.1) is 0 Å². The molecule has 0 aromatic heterocycles. The number of nitrogens with zero attached hydrogens (tertiary/aromatic N) is 1. The summed E-state index contributed by atoms with van der Waals surface area (Å²) in [6.07, 6.45) is 3.40. The lowest BCUT2D eigenvalue weighted by Gasteiger charge is -2.38. The average Bonchev–Trinajstić information content (AvgIpc) is 2.72. The fourth-order valence-electron chi connectivity index (χ4n) is 4.09. The number of hydrogen-bond donors (Lipinski definition) is 2. The number of benzene rings is 1. The zero-order valence-electron chi connectivity index (χ0n) is 18.8. The van der Waals surface area contributed by atoms with Crippen molar-refractivity contribution < 1.29 is 18.7 Å². The molecule has 3 atom stereocenters. The molecule has 2 N–H and O–H groups in total. The first-order valence-corrected chi connectivity index (χ1v) is 11.0. The molecule has 0 bridgehead atoms. The van der Waals surface area contributed by atoms with Crippen LogP contribution in [-0.4, -0.2) is 63.5 Å². The quantitative estimate of drug-likeness (QED) is 0.533. The van der Waals surface area contributed by atoms with Gasteiger partial charge >= 0.3 is 6.03 Å². The Balaban J connectivity index is 2.04. The van der Waals surface area contributed by atoms with Gasteiger partial charge in [0.25, 0.3) is 0 Å². The second-order valence-electron chi connectivity index (χ2n) is 8.35. The molecule has 1 saturated heterocycles. The maximum Gasteiger partial charge on any atom is 0.317 e. The molecule has 1 aliphatic rings. The van der Waals surface area contributed by atoms with Gasteiger partial charge in [0.05, 0.1) is 12.2 Å². The van der Waals surface area contributed by atoms with E-state index in [1.165, 1.54) is 6.07 Å². The normalized spacial score (nSPS) is 19.0. The molecule has 30 heavy (non-hydrogen) atoms. The van der Waals surface area contributed by atoms with Gasteiger partial charge in [-0.3, -0.25) is 0 Å². The predicted molar refractivity (Wildman–Crippen MR) is 117 cm³/mol. The highest BCUT2D eigenvalue weighted by Gasteiger charge is 2.32. The molecule has 0 aliphatic carbocycles. The van der Waals surface area contributed by atoms with Gasteiger partial charge in [0.2, 0.25) is 0 Å². The standard InChI is InChI=1S/C23H38FN3O3/c1-17(2)30-22(18-8-5-10-20(24)14-18)19-9-6-12-27(16-19)23(28)26-21(15-25-3)11-7-13-29-4/h5,8,10,14,17,19,21-22,25H,6-7,9,11-13,15-16H2,1-4H3,(H,26,28)/t19-,21+,22?/m1/s1. The van der Waals surface area contributed by atoms with Gasteiger partial charge in [-0.05, 0) is 64.3 Å². The summed E-state index contributed by atoms with van der Waals surface area (Å²) in [5.41, 5.74) is 0.837. The number of ether oxygens (including phenoxy) is 2. The van der Waals surface area contributed by atoms with Crippen LogP contribution in [0.5, 0.6) is 0 Å². The van der Waals surface area contributed by atoms with Crippen LogP contribution in [0.3, 0.4) is 0 Å². The van der Waals surface area contributed by atoms with E-state index in [0.29, 0.717) is 13.2 Å². The van der Waals surface area contributed by atoms with Crippen molar-refractivity contribution in [3.63, 3.8) is 0 Å². The summed E-state index contributed by atoms with van der Waals surface area (Å²) in [4.78, 5) is 14.8. The summed E-state index contributed by atoms with van der Waals surface area (Å²) < 4.78 is 25.2. The van der Waals surface area contributed by atoms with Crippen molar-refractivity contribution >= 4 is 6.03 Å². The Morgan fingerprint density at radius 1 is 1.37 bits per heavy atom. The molecule has 1 fully saturated rings.